The maximum absolute atomic E-state index is 13.6. The molecular weight excluding hydrogens is 365 g/mol. The molecule has 4 rings (SSSR count). The van der Waals surface area contributed by atoms with E-state index in [-0.39, 0.29) is 23.7 Å². The summed E-state index contributed by atoms with van der Waals surface area (Å²) in [5, 5.41) is 3.29. The number of rotatable bonds is 7. The number of amides is 1. The second-order valence-corrected chi connectivity index (χ2v) is 8.43. The largest absolute Gasteiger partial charge is 0.347 e. The van der Waals surface area contributed by atoms with Gasteiger partial charge in [-0.15, -0.1) is 0 Å². The summed E-state index contributed by atoms with van der Waals surface area (Å²) in [5.41, 5.74) is 1.93. The topological polar surface area (TPSA) is 45.2 Å². The van der Waals surface area contributed by atoms with Crippen LogP contribution in [0.4, 0.5) is 4.39 Å². The van der Waals surface area contributed by atoms with Crippen LogP contribution in [0.5, 0.6) is 0 Å². The number of hydrogen-bond acceptors (Lipinski definition) is 3. The number of benzene rings is 1. The molecule has 1 aromatic carbocycles. The number of hydrogen-bond donors (Lipinski definition) is 1. The summed E-state index contributed by atoms with van der Waals surface area (Å²) in [6, 6.07) is 13.0. The molecule has 5 heteroatoms. The van der Waals surface area contributed by atoms with Crippen molar-refractivity contribution >= 4 is 5.91 Å². The van der Waals surface area contributed by atoms with Crippen LogP contribution in [0.1, 0.15) is 62.2 Å². The molecule has 0 radical (unpaired) electrons. The van der Waals surface area contributed by atoms with E-state index in [0.717, 1.165) is 62.9 Å². The van der Waals surface area contributed by atoms with E-state index in [0.29, 0.717) is 6.04 Å². The monoisotopic (exact) mass is 395 g/mol. The Hall–Kier alpha value is -2.27. The van der Waals surface area contributed by atoms with E-state index < -0.39 is 0 Å². The molecule has 1 aromatic heterocycles. The molecule has 0 spiro atoms. The van der Waals surface area contributed by atoms with Gasteiger partial charge in [-0.2, -0.15) is 0 Å². The molecule has 2 aliphatic rings. The number of piperidine rings is 1. The van der Waals surface area contributed by atoms with Gasteiger partial charge in [0.2, 0.25) is 5.91 Å². The van der Waals surface area contributed by atoms with Crippen LogP contribution in [0.2, 0.25) is 0 Å². The van der Waals surface area contributed by atoms with Crippen molar-refractivity contribution in [3.05, 3.63) is 65.7 Å². The number of halogens is 1. The van der Waals surface area contributed by atoms with Gasteiger partial charge in [-0.25, -0.2) is 4.39 Å². The molecule has 1 N–H and O–H groups in total. The van der Waals surface area contributed by atoms with Crippen LogP contribution in [0, 0.1) is 11.7 Å². The molecule has 1 saturated heterocycles. The summed E-state index contributed by atoms with van der Waals surface area (Å²) >= 11 is 0. The van der Waals surface area contributed by atoms with Crippen molar-refractivity contribution in [3.8, 4) is 0 Å². The molecule has 29 heavy (non-hydrogen) atoms. The van der Waals surface area contributed by atoms with E-state index >= 15 is 0 Å². The average Bonchev–Trinajstić information content (AvgIpc) is 2.68. The number of aromatic nitrogens is 1. The molecule has 1 aliphatic carbocycles. The smallest absolute Gasteiger partial charge is 0.223 e. The predicted octanol–water partition coefficient (Wildman–Crippen LogP) is 4.62. The van der Waals surface area contributed by atoms with Gasteiger partial charge in [0.15, 0.2) is 0 Å². The Morgan fingerprint density at radius 2 is 2.03 bits per heavy atom. The minimum absolute atomic E-state index is 0.0811. The highest BCUT2D eigenvalue weighted by molar-refractivity contribution is 5.79. The van der Waals surface area contributed by atoms with Crippen molar-refractivity contribution in [2.75, 3.05) is 6.54 Å². The van der Waals surface area contributed by atoms with Crippen LogP contribution in [-0.4, -0.2) is 28.4 Å². The van der Waals surface area contributed by atoms with Crippen molar-refractivity contribution in [3.63, 3.8) is 0 Å². The molecule has 0 unspecified atom stereocenters. The van der Waals surface area contributed by atoms with Gasteiger partial charge in [0.25, 0.3) is 0 Å². The fraction of sp³-hybridized carbons (Fsp3) is 0.500. The fourth-order valence-electron chi connectivity index (χ4n) is 4.47. The van der Waals surface area contributed by atoms with Crippen LogP contribution < -0.4 is 5.32 Å². The highest BCUT2D eigenvalue weighted by Gasteiger charge is 2.31. The lowest BCUT2D eigenvalue weighted by Crippen LogP contribution is -2.44. The highest BCUT2D eigenvalue weighted by atomic mass is 19.1. The summed E-state index contributed by atoms with van der Waals surface area (Å²) in [7, 11) is 0. The lowest BCUT2D eigenvalue weighted by Gasteiger charge is -2.38. The summed E-state index contributed by atoms with van der Waals surface area (Å²) < 4.78 is 13.6. The molecule has 2 fully saturated rings. The van der Waals surface area contributed by atoms with Gasteiger partial charge < -0.3 is 5.32 Å². The second kappa shape index (κ2) is 9.49. The molecular formula is C24H30FN3O. The Morgan fingerprint density at radius 3 is 2.76 bits per heavy atom. The van der Waals surface area contributed by atoms with Gasteiger partial charge in [0, 0.05) is 24.7 Å². The third kappa shape index (κ3) is 5.21. The van der Waals surface area contributed by atoms with Crippen molar-refractivity contribution in [1.82, 2.24) is 15.2 Å². The Labute approximate surface area is 172 Å². The SMILES string of the molecule is O=C(N[C@H](C[C@@H]1CCCCN1Cc1cccc(F)c1)c1ccccn1)C1CCC1. The zero-order valence-electron chi connectivity index (χ0n) is 16.9. The molecule has 2 aromatic rings. The first kappa shape index (κ1) is 20.0. The summed E-state index contributed by atoms with van der Waals surface area (Å²) in [6.45, 7) is 1.75. The van der Waals surface area contributed by atoms with Gasteiger partial charge in [0.05, 0.1) is 11.7 Å². The number of carbonyl (C=O) groups excluding carboxylic acids is 1. The van der Waals surface area contributed by atoms with Gasteiger partial charge in [-0.05, 0) is 68.5 Å². The number of nitrogens with zero attached hydrogens (tertiary/aromatic N) is 2. The molecule has 1 saturated carbocycles. The van der Waals surface area contributed by atoms with Crippen molar-refractivity contribution in [2.24, 2.45) is 5.92 Å². The lowest BCUT2D eigenvalue weighted by molar-refractivity contribution is -0.128. The molecule has 0 bridgehead atoms. The molecule has 2 atom stereocenters. The highest BCUT2D eigenvalue weighted by Crippen LogP contribution is 2.30. The Balaban J connectivity index is 1.48. The van der Waals surface area contributed by atoms with Gasteiger partial charge in [-0.3, -0.25) is 14.7 Å². The first-order valence-electron chi connectivity index (χ1n) is 10.9. The van der Waals surface area contributed by atoms with E-state index in [1.165, 1.54) is 12.5 Å². The summed E-state index contributed by atoms with van der Waals surface area (Å²) in [6.07, 6.45) is 9.22. The zero-order chi connectivity index (χ0) is 20.1. The summed E-state index contributed by atoms with van der Waals surface area (Å²) in [4.78, 5) is 19.7. The minimum Gasteiger partial charge on any atom is -0.347 e. The third-order valence-electron chi connectivity index (χ3n) is 6.37. The number of nitrogens with one attached hydrogen (secondary N) is 1. The normalized spacial score (nSPS) is 21.3. The van der Waals surface area contributed by atoms with Gasteiger partial charge >= 0.3 is 0 Å². The minimum atomic E-state index is -0.185. The van der Waals surface area contributed by atoms with Crippen molar-refractivity contribution < 1.29 is 9.18 Å². The predicted molar refractivity (Wildman–Crippen MR) is 112 cm³/mol. The Bertz CT molecular complexity index is 809. The molecule has 1 aliphatic heterocycles. The molecule has 154 valence electrons. The summed E-state index contributed by atoms with van der Waals surface area (Å²) in [5.74, 6) is 0.144. The van der Waals surface area contributed by atoms with Crippen LogP contribution in [0.15, 0.2) is 48.7 Å². The standard InChI is InChI=1S/C24H30FN3O/c25-20-10-5-7-18(15-20)17-28-14-4-2-11-21(28)16-23(22-12-1-3-13-26-22)27-24(29)19-8-6-9-19/h1,3,5,7,10,12-13,15,19,21,23H,2,4,6,8-9,11,14,16-17H2,(H,27,29)/t21-,23+/m0/s1. The first-order valence-corrected chi connectivity index (χ1v) is 10.9. The van der Waals surface area contributed by atoms with Crippen LogP contribution in [0.25, 0.3) is 0 Å². The first-order chi connectivity index (χ1) is 14.2. The van der Waals surface area contributed by atoms with E-state index in [2.05, 4.69) is 15.2 Å². The van der Waals surface area contributed by atoms with E-state index in [1.54, 1.807) is 18.3 Å². The maximum atomic E-state index is 13.6. The average molecular weight is 396 g/mol. The van der Waals surface area contributed by atoms with E-state index in [4.69, 9.17) is 0 Å². The molecule has 1 amide bonds. The Morgan fingerprint density at radius 1 is 1.14 bits per heavy atom. The third-order valence-corrected chi connectivity index (χ3v) is 6.37. The van der Waals surface area contributed by atoms with Gasteiger partial charge in [-0.1, -0.05) is 31.0 Å². The van der Waals surface area contributed by atoms with Crippen LogP contribution >= 0.6 is 0 Å². The van der Waals surface area contributed by atoms with E-state index in [1.807, 2.05) is 24.3 Å². The Kier molecular flexibility index (Phi) is 6.55. The number of carbonyl (C=O) groups is 1. The lowest BCUT2D eigenvalue weighted by atomic mass is 9.84. The molecule has 4 nitrogen and oxygen atoms in total. The van der Waals surface area contributed by atoms with Crippen molar-refractivity contribution in [2.45, 2.75) is 63.6 Å². The second-order valence-electron chi connectivity index (χ2n) is 8.43. The van der Waals surface area contributed by atoms with E-state index in [9.17, 15) is 9.18 Å². The maximum Gasteiger partial charge on any atom is 0.223 e. The number of likely N-dealkylation sites (tertiary alicyclic amines) is 1. The quantitative estimate of drug-likeness (QED) is 0.744. The zero-order valence-corrected chi connectivity index (χ0v) is 16.9. The number of pyridine rings is 1. The van der Waals surface area contributed by atoms with Gasteiger partial charge in [0.1, 0.15) is 5.82 Å². The van der Waals surface area contributed by atoms with Crippen LogP contribution in [0.3, 0.4) is 0 Å². The van der Waals surface area contributed by atoms with Crippen molar-refractivity contribution in [1.29, 1.82) is 0 Å². The fourth-order valence-corrected chi connectivity index (χ4v) is 4.47. The van der Waals surface area contributed by atoms with Crippen LogP contribution in [-0.2, 0) is 11.3 Å². The molecule has 2 heterocycles.